The molecule has 0 spiro atoms. The van der Waals surface area contributed by atoms with Gasteiger partial charge in [0, 0.05) is 7.05 Å². The van der Waals surface area contributed by atoms with E-state index >= 15 is 0 Å². The first-order chi connectivity index (χ1) is 10.6. The summed E-state index contributed by atoms with van der Waals surface area (Å²) in [5.74, 6) is 0. The van der Waals surface area contributed by atoms with Gasteiger partial charge in [-0.05, 0) is 59.5 Å². The number of hydrogen-bond donors (Lipinski definition) is 1. The lowest BCUT2D eigenvalue weighted by Gasteiger charge is -2.12. The molecule has 112 valence electrons. The first kappa shape index (κ1) is 15.8. The largest absolute Gasteiger partial charge is 0.394 e. The van der Waals surface area contributed by atoms with E-state index in [1.807, 2.05) is 25.4 Å². The maximum atomic E-state index is 4.24. The molecule has 0 aromatic heterocycles. The Balaban J connectivity index is 2.29. The molecular formula is C21H23N. The zero-order valence-electron chi connectivity index (χ0n) is 13.6. The van der Waals surface area contributed by atoms with E-state index in [0.717, 1.165) is 5.57 Å². The number of nitrogens with one attached hydrogen (secondary N) is 1. The van der Waals surface area contributed by atoms with Crippen molar-refractivity contribution < 1.29 is 0 Å². The molecule has 0 saturated carbocycles. The number of allylic oxidation sites excluding steroid dienone is 4. The minimum Gasteiger partial charge on any atom is -0.394 e. The van der Waals surface area contributed by atoms with Crippen molar-refractivity contribution >= 4 is 5.57 Å². The summed E-state index contributed by atoms with van der Waals surface area (Å²) >= 11 is 0. The molecular weight excluding hydrogens is 266 g/mol. The number of hydrogen-bond acceptors (Lipinski definition) is 1. The van der Waals surface area contributed by atoms with E-state index in [9.17, 15) is 0 Å². The second-order valence-corrected chi connectivity index (χ2v) is 5.37. The molecule has 1 N–H and O–H groups in total. The molecule has 2 aromatic carbocycles. The van der Waals surface area contributed by atoms with Crippen LogP contribution in [0, 0.1) is 6.92 Å². The van der Waals surface area contributed by atoms with Crippen molar-refractivity contribution in [1.82, 2.24) is 5.32 Å². The van der Waals surface area contributed by atoms with Crippen molar-refractivity contribution in [2.24, 2.45) is 0 Å². The van der Waals surface area contributed by atoms with E-state index in [1.165, 1.54) is 27.8 Å². The van der Waals surface area contributed by atoms with Gasteiger partial charge in [0.25, 0.3) is 0 Å². The summed E-state index contributed by atoms with van der Waals surface area (Å²) in [5, 5.41) is 2.98. The highest BCUT2D eigenvalue weighted by Gasteiger charge is 2.06. The fourth-order valence-electron chi connectivity index (χ4n) is 2.41. The Labute approximate surface area is 133 Å². The van der Waals surface area contributed by atoms with Crippen LogP contribution in [0.4, 0.5) is 0 Å². The van der Waals surface area contributed by atoms with Crippen molar-refractivity contribution in [2.75, 3.05) is 7.05 Å². The van der Waals surface area contributed by atoms with E-state index < -0.39 is 0 Å². The molecule has 0 amide bonds. The summed E-state index contributed by atoms with van der Waals surface area (Å²) in [6.07, 6.45) is 5.97. The lowest BCUT2D eigenvalue weighted by atomic mass is 9.93. The van der Waals surface area contributed by atoms with Crippen LogP contribution < -0.4 is 5.32 Å². The Morgan fingerprint density at radius 2 is 1.77 bits per heavy atom. The maximum absolute atomic E-state index is 4.24. The van der Waals surface area contributed by atoms with Crippen LogP contribution in [-0.4, -0.2) is 7.05 Å². The first-order valence-corrected chi connectivity index (χ1v) is 7.50. The van der Waals surface area contributed by atoms with Crippen LogP contribution in [0.1, 0.15) is 18.1 Å². The fourth-order valence-corrected chi connectivity index (χ4v) is 2.41. The summed E-state index contributed by atoms with van der Waals surface area (Å²) < 4.78 is 0. The van der Waals surface area contributed by atoms with Crippen molar-refractivity contribution in [3.8, 4) is 11.1 Å². The Bertz CT molecular complexity index is 706. The number of aryl methyl sites for hydroxylation is 1. The average molecular weight is 289 g/mol. The first-order valence-electron chi connectivity index (χ1n) is 7.50. The van der Waals surface area contributed by atoms with E-state index in [2.05, 4.69) is 74.3 Å². The van der Waals surface area contributed by atoms with Crippen LogP contribution in [0.5, 0.6) is 0 Å². The van der Waals surface area contributed by atoms with E-state index in [1.54, 1.807) is 0 Å². The average Bonchev–Trinajstić information content (AvgIpc) is 2.55. The lowest BCUT2D eigenvalue weighted by Crippen LogP contribution is -1.92. The minimum absolute atomic E-state index is 1.07. The Kier molecular flexibility index (Phi) is 5.37. The van der Waals surface area contributed by atoms with Gasteiger partial charge in [0.15, 0.2) is 0 Å². The lowest BCUT2D eigenvalue weighted by molar-refractivity contribution is 1.10. The van der Waals surface area contributed by atoms with Crippen molar-refractivity contribution in [2.45, 2.75) is 13.8 Å². The second-order valence-electron chi connectivity index (χ2n) is 5.37. The van der Waals surface area contributed by atoms with Crippen LogP contribution in [0.3, 0.4) is 0 Å². The topological polar surface area (TPSA) is 12.0 Å². The quantitative estimate of drug-likeness (QED) is 0.731. The summed E-state index contributed by atoms with van der Waals surface area (Å²) in [4.78, 5) is 0. The maximum Gasteiger partial charge on any atom is 0.00277 e. The van der Waals surface area contributed by atoms with Gasteiger partial charge in [-0.25, -0.2) is 0 Å². The van der Waals surface area contributed by atoms with Crippen LogP contribution in [0.2, 0.25) is 0 Å². The highest BCUT2D eigenvalue weighted by Crippen LogP contribution is 2.28. The molecule has 0 aliphatic rings. The Morgan fingerprint density at radius 3 is 2.41 bits per heavy atom. The predicted molar refractivity (Wildman–Crippen MR) is 97.6 cm³/mol. The van der Waals surface area contributed by atoms with Gasteiger partial charge in [-0.3, -0.25) is 0 Å². The minimum atomic E-state index is 1.07. The molecule has 0 fully saturated rings. The van der Waals surface area contributed by atoms with Gasteiger partial charge in [0.2, 0.25) is 0 Å². The molecule has 0 unspecified atom stereocenters. The fraction of sp³-hybridized carbons (Fsp3) is 0.143. The zero-order valence-corrected chi connectivity index (χ0v) is 13.6. The predicted octanol–water partition coefficient (Wildman–Crippen LogP) is 5.35. The third-order valence-electron chi connectivity index (χ3n) is 3.74. The van der Waals surface area contributed by atoms with E-state index in [-0.39, 0.29) is 0 Å². The highest BCUT2D eigenvalue weighted by atomic mass is 14.8. The highest BCUT2D eigenvalue weighted by molar-refractivity contribution is 5.80. The van der Waals surface area contributed by atoms with Crippen LogP contribution in [0.15, 0.2) is 79.0 Å². The van der Waals surface area contributed by atoms with E-state index in [0.29, 0.717) is 0 Å². The molecule has 2 aromatic rings. The molecule has 0 aliphatic heterocycles. The summed E-state index contributed by atoms with van der Waals surface area (Å²) in [7, 11) is 1.89. The van der Waals surface area contributed by atoms with Gasteiger partial charge in [0.05, 0.1) is 0 Å². The van der Waals surface area contributed by atoms with Crippen LogP contribution in [0.25, 0.3) is 16.7 Å². The molecule has 1 nitrogen and oxygen atoms in total. The summed E-state index contributed by atoms with van der Waals surface area (Å²) in [5.41, 5.74) is 7.17. The summed E-state index contributed by atoms with van der Waals surface area (Å²) in [6.45, 7) is 8.48. The third-order valence-corrected chi connectivity index (χ3v) is 3.74. The van der Waals surface area contributed by atoms with Crippen molar-refractivity contribution in [3.63, 3.8) is 0 Å². The Morgan fingerprint density at radius 1 is 1.05 bits per heavy atom. The molecule has 0 saturated heterocycles. The smallest absolute Gasteiger partial charge is 0.00277 e. The molecule has 0 aliphatic carbocycles. The molecule has 0 radical (unpaired) electrons. The SMILES string of the molecule is C=C(/C(C)=C\C=C/NC)c1ccc(-c2ccccc2)cc1C. The third kappa shape index (κ3) is 3.76. The van der Waals surface area contributed by atoms with Gasteiger partial charge < -0.3 is 5.32 Å². The van der Waals surface area contributed by atoms with Crippen molar-refractivity contribution in [1.29, 1.82) is 0 Å². The van der Waals surface area contributed by atoms with Gasteiger partial charge in [-0.2, -0.15) is 0 Å². The second kappa shape index (κ2) is 7.46. The molecule has 2 rings (SSSR count). The number of benzene rings is 2. The van der Waals surface area contributed by atoms with Gasteiger partial charge in [0.1, 0.15) is 0 Å². The van der Waals surface area contributed by atoms with Crippen LogP contribution in [-0.2, 0) is 0 Å². The normalized spacial score (nSPS) is 11.7. The Hall–Kier alpha value is -2.54. The van der Waals surface area contributed by atoms with E-state index in [4.69, 9.17) is 0 Å². The molecule has 0 bridgehead atoms. The molecule has 1 heteroatoms. The van der Waals surface area contributed by atoms with Gasteiger partial charge in [-0.15, -0.1) is 0 Å². The molecule has 22 heavy (non-hydrogen) atoms. The molecule has 0 heterocycles. The van der Waals surface area contributed by atoms with Crippen LogP contribution >= 0.6 is 0 Å². The monoisotopic (exact) mass is 289 g/mol. The standard InChI is InChI=1S/C21H23N/c1-16(9-8-14-22-4)18(3)21-13-12-20(15-17(21)2)19-10-6-5-7-11-19/h5-15,22H,3H2,1-2,4H3/b14-8-,16-9-. The van der Waals surface area contributed by atoms with Crippen molar-refractivity contribution in [3.05, 3.63) is 90.2 Å². The van der Waals surface area contributed by atoms with Gasteiger partial charge in [-0.1, -0.05) is 61.2 Å². The summed E-state index contributed by atoms with van der Waals surface area (Å²) in [6, 6.07) is 17.0. The zero-order chi connectivity index (χ0) is 15.9. The van der Waals surface area contributed by atoms with Gasteiger partial charge >= 0.3 is 0 Å². The molecule has 0 atom stereocenters. The number of rotatable bonds is 5.